The maximum absolute atomic E-state index is 14.8. The molecule has 1 aliphatic carbocycles. The molecule has 2 aliphatic heterocycles. The fourth-order valence-electron chi connectivity index (χ4n) is 4.83. The van der Waals surface area contributed by atoms with Gasteiger partial charge in [0.15, 0.2) is 11.5 Å². The fourth-order valence-corrected chi connectivity index (χ4v) is 4.83. The molecule has 0 spiro atoms. The van der Waals surface area contributed by atoms with Crippen LogP contribution in [-0.2, 0) is 25.4 Å². The Morgan fingerprint density at radius 1 is 1.33 bits per heavy atom. The average molecular weight is 467 g/mol. The largest absolute Gasteiger partial charge is 0.499 e. The summed E-state index contributed by atoms with van der Waals surface area (Å²) in [4.78, 5) is 13.8. The summed E-state index contributed by atoms with van der Waals surface area (Å²) < 4.78 is 41.5. The summed E-state index contributed by atoms with van der Waals surface area (Å²) in [5, 5.41) is 20.5. The number of ether oxygens (including phenoxy) is 5. The minimum atomic E-state index is -3.34. The second-order valence-electron chi connectivity index (χ2n) is 8.46. The third-order valence-electron chi connectivity index (χ3n) is 6.41. The average Bonchev–Trinajstić information content (AvgIpc) is 3.35. The first-order valence-corrected chi connectivity index (χ1v) is 11.0. The molecule has 0 radical (unpaired) electrons. The van der Waals surface area contributed by atoms with Crippen molar-refractivity contribution in [2.24, 2.45) is 0 Å². The van der Waals surface area contributed by atoms with Gasteiger partial charge in [0, 0.05) is 18.5 Å². The van der Waals surface area contributed by atoms with Crippen LogP contribution >= 0.6 is 0 Å². The van der Waals surface area contributed by atoms with Crippen molar-refractivity contribution in [2.75, 3.05) is 34.1 Å². The number of hydrogen-bond donors (Lipinski definition) is 2. The van der Waals surface area contributed by atoms with Crippen molar-refractivity contribution in [3.05, 3.63) is 35.1 Å². The van der Waals surface area contributed by atoms with Crippen LogP contribution in [0.2, 0.25) is 0 Å². The number of alkyl halides is 1. The molecule has 0 fully saturated rings. The van der Waals surface area contributed by atoms with Crippen molar-refractivity contribution in [3.8, 4) is 11.5 Å². The van der Waals surface area contributed by atoms with Crippen molar-refractivity contribution in [1.29, 1.82) is 0 Å². The Morgan fingerprint density at radius 2 is 2.06 bits per heavy atom. The van der Waals surface area contributed by atoms with Gasteiger partial charge in [-0.15, -0.1) is 0 Å². The van der Waals surface area contributed by atoms with Crippen molar-refractivity contribution < 1.29 is 43.1 Å². The first-order chi connectivity index (χ1) is 15.8. The molecular weight excluding hydrogens is 437 g/mol. The second kappa shape index (κ2) is 9.46. The highest BCUT2D eigenvalue weighted by Crippen LogP contribution is 2.47. The lowest BCUT2D eigenvalue weighted by atomic mass is 9.87. The lowest BCUT2D eigenvalue weighted by molar-refractivity contribution is -0.284. The Balaban J connectivity index is 1.70. The fraction of sp³-hybridized carbons (Fsp3) is 0.609. The van der Waals surface area contributed by atoms with Gasteiger partial charge in [0.05, 0.1) is 14.2 Å². The number of rotatable bonds is 8. The third kappa shape index (κ3) is 4.52. The minimum absolute atomic E-state index is 0.136. The van der Waals surface area contributed by atoms with Crippen LogP contribution in [0.5, 0.6) is 11.5 Å². The van der Waals surface area contributed by atoms with Crippen molar-refractivity contribution in [1.82, 2.24) is 4.90 Å². The molecule has 1 aromatic carbocycles. The number of carbonyl (C=O) groups is 1. The predicted octanol–water partition coefficient (Wildman–Crippen LogP) is 1.60. The quantitative estimate of drug-likeness (QED) is 0.436. The molecule has 0 saturated carbocycles. The van der Waals surface area contributed by atoms with Gasteiger partial charge in [0.25, 0.3) is 5.85 Å². The van der Waals surface area contributed by atoms with E-state index in [-0.39, 0.29) is 18.8 Å². The first kappa shape index (κ1) is 23.7. The number of aliphatic hydroxyl groups excluding tert-OH is 1. The summed E-state index contributed by atoms with van der Waals surface area (Å²) in [6, 6.07) is 3.70. The Morgan fingerprint density at radius 3 is 2.73 bits per heavy atom. The lowest BCUT2D eigenvalue weighted by Crippen LogP contribution is -2.46. The molecule has 1 aromatic rings. The minimum Gasteiger partial charge on any atom is -0.499 e. The van der Waals surface area contributed by atoms with E-state index in [9.17, 15) is 19.4 Å². The van der Waals surface area contributed by atoms with Gasteiger partial charge in [0.1, 0.15) is 18.3 Å². The highest BCUT2D eigenvalue weighted by atomic mass is 19.2. The molecule has 0 saturated heterocycles. The molecule has 182 valence electrons. The van der Waals surface area contributed by atoms with Crippen LogP contribution in [0.15, 0.2) is 24.0 Å². The van der Waals surface area contributed by atoms with Gasteiger partial charge in [-0.3, -0.25) is 9.69 Å². The number of esters is 1. The Labute approximate surface area is 191 Å². The van der Waals surface area contributed by atoms with Gasteiger partial charge in [-0.25, -0.2) is 4.39 Å². The summed E-state index contributed by atoms with van der Waals surface area (Å²) in [7, 11) is 2.54. The molecule has 0 aromatic heterocycles. The van der Waals surface area contributed by atoms with E-state index in [4.69, 9.17) is 18.9 Å². The molecule has 0 amide bonds. The van der Waals surface area contributed by atoms with Crippen LogP contribution in [-0.4, -0.2) is 79.5 Å². The molecule has 9 nitrogen and oxygen atoms in total. The van der Waals surface area contributed by atoms with Gasteiger partial charge in [-0.05, 0) is 48.7 Å². The highest BCUT2D eigenvalue weighted by Gasteiger charge is 2.49. The zero-order chi connectivity index (χ0) is 23.8. The molecule has 3 unspecified atom stereocenters. The van der Waals surface area contributed by atoms with E-state index in [2.05, 4.69) is 16.6 Å². The Kier molecular flexibility index (Phi) is 6.81. The zero-order valence-corrected chi connectivity index (χ0v) is 19.0. The Hall–Kier alpha value is -2.40. The topological polar surface area (TPSA) is 107 Å². The number of methoxy groups -OCH3 is 2. The molecule has 0 bridgehead atoms. The molecule has 3 aliphatic rings. The number of nitrogens with zero attached hydrogens (tertiary/aromatic N) is 1. The van der Waals surface area contributed by atoms with Gasteiger partial charge < -0.3 is 33.9 Å². The zero-order valence-electron chi connectivity index (χ0n) is 19.0. The summed E-state index contributed by atoms with van der Waals surface area (Å²) >= 11 is 0. The van der Waals surface area contributed by atoms with Gasteiger partial charge in [-0.1, -0.05) is 6.92 Å². The van der Waals surface area contributed by atoms with E-state index in [0.29, 0.717) is 17.3 Å². The molecular formula is C23H30FNO8. The van der Waals surface area contributed by atoms with E-state index in [1.54, 1.807) is 0 Å². The smallest absolute Gasteiger partial charge is 0.311 e. The first-order valence-electron chi connectivity index (χ1n) is 11.0. The maximum atomic E-state index is 14.8. The highest BCUT2D eigenvalue weighted by molar-refractivity contribution is 5.70. The standard InChI is InChI=1S/C23H30FNO8/c1-4-6-25-7-5-13-8-16-17(32-12-31-16)9-14(13)20-15(25)10-18(29-2)21(20)33-22(27)23(24,28)11-19(26)30-3/h8-10,15,20-22,27-28H,4-7,11-12H2,1-3H3/t15?,20-,21?,22?,23+/m0/s1. The van der Waals surface area contributed by atoms with Gasteiger partial charge in [0.2, 0.25) is 13.1 Å². The van der Waals surface area contributed by atoms with E-state index in [1.807, 2.05) is 18.2 Å². The van der Waals surface area contributed by atoms with Gasteiger partial charge >= 0.3 is 5.97 Å². The molecule has 2 N–H and O–H groups in total. The van der Waals surface area contributed by atoms with Crippen LogP contribution in [0.25, 0.3) is 0 Å². The predicted molar refractivity (Wildman–Crippen MR) is 113 cm³/mol. The number of benzene rings is 1. The molecule has 10 heteroatoms. The van der Waals surface area contributed by atoms with Crippen molar-refractivity contribution in [2.45, 2.75) is 56.4 Å². The van der Waals surface area contributed by atoms with Crippen LogP contribution in [0.3, 0.4) is 0 Å². The monoisotopic (exact) mass is 467 g/mol. The number of hydrogen-bond acceptors (Lipinski definition) is 9. The number of fused-ring (bicyclic) bond motifs is 4. The molecule has 2 heterocycles. The van der Waals surface area contributed by atoms with Crippen LogP contribution < -0.4 is 9.47 Å². The van der Waals surface area contributed by atoms with E-state index >= 15 is 0 Å². The van der Waals surface area contributed by atoms with E-state index in [0.717, 1.165) is 44.2 Å². The SMILES string of the molecule is CCCN1CCc2cc3c(cc2[C@@H]2C(OC(O)[C@@](O)(F)CC(=O)OC)C(OC)=CC21)OCO3. The van der Waals surface area contributed by atoms with Crippen molar-refractivity contribution >= 4 is 5.97 Å². The normalized spacial score (nSPS) is 26.5. The van der Waals surface area contributed by atoms with E-state index in [1.165, 1.54) is 7.11 Å². The van der Waals surface area contributed by atoms with Crippen molar-refractivity contribution in [3.63, 3.8) is 0 Å². The number of carbonyl (C=O) groups excluding carboxylic acids is 1. The molecule has 5 atom stereocenters. The third-order valence-corrected chi connectivity index (χ3v) is 6.41. The summed E-state index contributed by atoms with van der Waals surface area (Å²) in [5.74, 6) is -3.05. The summed E-state index contributed by atoms with van der Waals surface area (Å²) in [6.07, 6.45) is -0.690. The second-order valence-corrected chi connectivity index (χ2v) is 8.46. The lowest BCUT2D eigenvalue weighted by Gasteiger charge is -2.34. The summed E-state index contributed by atoms with van der Waals surface area (Å²) in [6.45, 7) is 3.82. The maximum Gasteiger partial charge on any atom is 0.311 e. The van der Waals surface area contributed by atoms with Crippen LogP contribution in [0.1, 0.15) is 36.8 Å². The number of aliphatic hydroxyl groups is 2. The molecule has 33 heavy (non-hydrogen) atoms. The number of halogens is 1. The Bertz CT molecular complexity index is 920. The molecule has 4 rings (SSSR count). The van der Waals surface area contributed by atoms with Crippen LogP contribution in [0.4, 0.5) is 4.39 Å². The summed E-state index contributed by atoms with van der Waals surface area (Å²) in [5.41, 5.74) is 1.95. The van der Waals surface area contributed by atoms with Crippen LogP contribution in [0, 0.1) is 0 Å². The van der Waals surface area contributed by atoms with Gasteiger partial charge in [-0.2, -0.15) is 0 Å². The van der Waals surface area contributed by atoms with E-state index < -0.39 is 30.6 Å².